The van der Waals surface area contributed by atoms with E-state index in [-0.39, 0.29) is 11.9 Å². The largest absolute Gasteiger partial charge is 0.383 e. The van der Waals surface area contributed by atoms with E-state index in [2.05, 4.69) is 15.2 Å². The van der Waals surface area contributed by atoms with Gasteiger partial charge in [-0.15, -0.1) is 0 Å². The van der Waals surface area contributed by atoms with Gasteiger partial charge in [0.1, 0.15) is 11.6 Å². The van der Waals surface area contributed by atoms with Gasteiger partial charge >= 0.3 is 0 Å². The van der Waals surface area contributed by atoms with Gasteiger partial charge in [0, 0.05) is 20.7 Å². The van der Waals surface area contributed by atoms with E-state index in [4.69, 9.17) is 4.74 Å². The maximum Gasteiger partial charge on any atom is 0.126 e. The number of nitrogens with one attached hydrogen (secondary N) is 1. The Labute approximate surface area is 130 Å². The van der Waals surface area contributed by atoms with Crippen molar-refractivity contribution in [2.45, 2.75) is 13.0 Å². The van der Waals surface area contributed by atoms with Gasteiger partial charge in [0.2, 0.25) is 0 Å². The molecule has 0 bridgehead atoms. The van der Waals surface area contributed by atoms with Crippen LogP contribution in [0.4, 0.5) is 15.9 Å². The molecule has 5 heteroatoms. The average Bonchev–Trinajstić information content (AvgIpc) is 2.53. The van der Waals surface area contributed by atoms with Crippen LogP contribution in [0.2, 0.25) is 0 Å². The number of likely N-dealkylation sites (N-methyl/N-ethyl adjacent to an activating group) is 1. The van der Waals surface area contributed by atoms with Crippen molar-refractivity contribution in [1.29, 1.82) is 0 Å². The third-order valence-corrected chi connectivity index (χ3v) is 3.53. The monoisotopic (exact) mass is 303 g/mol. The normalized spacial score (nSPS) is 12.0. The van der Waals surface area contributed by atoms with Gasteiger partial charge in [-0.3, -0.25) is 0 Å². The number of aromatic nitrogens is 1. The molecular weight excluding hydrogens is 281 g/mol. The van der Waals surface area contributed by atoms with E-state index >= 15 is 0 Å². The molecule has 2 aromatic rings. The summed E-state index contributed by atoms with van der Waals surface area (Å²) in [5.41, 5.74) is 1.92. The number of anilines is 2. The third-order valence-electron chi connectivity index (χ3n) is 3.53. The van der Waals surface area contributed by atoms with Crippen LogP contribution in [0.15, 0.2) is 42.6 Å². The van der Waals surface area contributed by atoms with Gasteiger partial charge in [-0.2, -0.15) is 0 Å². The minimum absolute atomic E-state index is 0.0136. The lowest BCUT2D eigenvalue weighted by Crippen LogP contribution is -2.22. The third kappa shape index (κ3) is 4.43. The zero-order valence-electron chi connectivity index (χ0n) is 13.2. The Hall–Kier alpha value is -2.14. The van der Waals surface area contributed by atoms with Crippen LogP contribution in [0.25, 0.3) is 0 Å². The molecule has 0 saturated carbocycles. The molecule has 0 aliphatic rings. The number of pyridine rings is 1. The number of ether oxygens (including phenoxy) is 1. The second kappa shape index (κ2) is 7.75. The number of hydrogen-bond acceptors (Lipinski definition) is 4. The Bertz CT molecular complexity index is 589. The van der Waals surface area contributed by atoms with Gasteiger partial charge in [-0.1, -0.05) is 12.1 Å². The molecule has 118 valence electrons. The first-order valence-corrected chi connectivity index (χ1v) is 7.28. The minimum atomic E-state index is -0.228. The summed E-state index contributed by atoms with van der Waals surface area (Å²) in [5, 5.41) is 3.27. The molecule has 1 N–H and O–H groups in total. The molecule has 1 aromatic heterocycles. The van der Waals surface area contributed by atoms with Crippen LogP contribution in [0.1, 0.15) is 18.5 Å². The number of benzene rings is 1. The first-order chi connectivity index (χ1) is 10.6. The maximum atomic E-state index is 13.3. The van der Waals surface area contributed by atoms with Gasteiger partial charge in [-0.25, -0.2) is 9.37 Å². The molecule has 1 aromatic carbocycles. The van der Waals surface area contributed by atoms with Crippen LogP contribution in [0.5, 0.6) is 0 Å². The van der Waals surface area contributed by atoms with Crippen molar-refractivity contribution in [3.05, 3.63) is 54.0 Å². The van der Waals surface area contributed by atoms with Crippen LogP contribution < -0.4 is 10.2 Å². The Morgan fingerprint density at radius 3 is 2.77 bits per heavy atom. The van der Waals surface area contributed by atoms with Crippen LogP contribution in [-0.4, -0.2) is 32.3 Å². The van der Waals surface area contributed by atoms with E-state index in [1.54, 1.807) is 13.2 Å². The van der Waals surface area contributed by atoms with Crippen molar-refractivity contribution < 1.29 is 9.13 Å². The maximum absolute atomic E-state index is 13.3. The lowest BCUT2D eigenvalue weighted by atomic mass is 10.1. The summed E-state index contributed by atoms with van der Waals surface area (Å²) in [4.78, 5) is 6.49. The summed E-state index contributed by atoms with van der Waals surface area (Å²) in [6.45, 7) is 3.47. The summed E-state index contributed by atoms with van der Waals surface area (Å²) < 4.78 is 18.3. The molecule has 0 amide bonds. The Kier molecular flexibility index (Phi) is 5.72. The summed E-state index contributed by atoms with van der Waals surface area (Å²) >= 11 is 0. The van der Waals surface area contributed by atoms with Gasteiger partial charge < -0.3 is 15.0 Å². The molecule has 0 saturated heterocycles. The number of hydrogen-bond donors (Lipinski definition) is 1. The van der Waals surface area contributed by atoms with E-state index in [1.807, 2.05) is 38.4 Å². The molecule has 22 heavy (non-hydrogen) atoms. The lowest BCUT2D eigenvalue weighted by Gasteiger charge is -2.19. The lowest BCUT2D eigenvalue weighted by molar-refractivity contribution is 0.206. The first-order valence-electron chi connectivity index (χ1n) is 7.28. The first kappa shape index (κ1) is 16.2. The van der Waals surface area contributed by atoms with Gasteiger partial charge in [0.05, 0.1) is 24.5 Å². The van der Waals surface area contributed by atoms with Crippen LogP contribution in [-0.2, 0) is 4.74 Å². The number of rotatable bonds is 7. The highest BCUT2D eigenvalue weighted by Crippen LogP contribution is 2.20. The number of methoxy groups -OCH3 is 1. The van der Waals surface area contributed by atoms with Crippen LogP contribution in [0, 0.1) is 5.82 Å². The molecular formula is C17H22FN3O. The Balaban J connectivity index is 1.99. The van der Waals surface area contributed by atoms with Crippen molar-refractivity contribution in [2.24, 2.45) is 0 Å². The van der Waals surface area contributed by atoms with E-state index in [9.17, 15) is 4.39 Å². The van der Waals surface area contributed by atoms with Crippen molar-refractivity contribution in [3.63, 3.8) is 0 Å². The van der Waals surface area contributed by atoms with Gasteiger partial charge in [-0.05, 0) is 36.8 Å². The summed E-state index contributed by atoms with van der Waals surface area (Å²) in [5.74, 6) is 0.537. The molecule has 0 aliphatic carbocycles. The SMILES string of the molecule is COCCN(C)c1ccc(NC(C)c2cccc(F)c2)nc1. The summed E-state index contributed by atoms with van der Waals surface area (Å²) in [6, 6.07) is 10.5. The Morgan fingerprint density at radius 1 is 1.32 bits per heavy atom. The highest BCUT2D eigenvalue weighted by molar-refractivity contribution is 5.49. The molecule has 1 unspecified atom stereocenters. The van der Waals surface area contributed by atoms with E-state index in [1.165, 1.54) is 12.1 Å². The highest BCUT2D eigenvalue weighted by atomic mass is 19.1. The summed E-state index contributed by atoms with van der Waals surface area (Å²) in [7, 11) is 3.69. The predicted molar refractivity (Wildman–Crippen MR) is 87.8 cm³/mol. The van der Waals surface area contributed by atoms with Crippen molar-refractivity contribution in [3.8, 4) is 0 Å². The fourth-order valence-electron chi connectivity index (χ4n) is 2.14. The van der Waals surface area contributed by atoms with Crippen LogP contribution >= 0.6 is 0 Å². The van der Waals surface area contributed by atoms with E-state index < -0.39 is 0 Å². The van der Waals surface area contributed by atoms with Gasteiger partial charge in [0.25, 0.3) is 0 Å². The molecule has 1 atom stereocenters. The molecule has 1 heterocycles. The predicted octanol–water partition coefficient (Wildman–Crippen LogP) is 3.48. The standard InChI is InChI=1S/C17H22FN3O/c1-13(14-5-4-6-15(18)11-14)20-17-8-7-16(12-19-17)21(2)9-10-22-3/h4-8,11-13H,9-10H2,1-3H3,(H,19,20). The van der Waals surface area contributed by atoms with E-state index in [0.29, 0.717) is 6.61 Å². The molecule has 0 spiro atoms. The number of halogens is 1. The van der Waals surface area contributed by atoms with Crippen LogP contribution in [0.3, 0.4) is 0 Å². The van der Waals surface area contributed by atoms with Crippen molar-refractivity contribution in [1.82, 2.24) is 4.98 Å². The molecule has 2 rings (SSSR count). The van der Waals surface area contributed by atoms with E-state index in [0.717, 1.165) is 23.6 Å². The smallest absolute Gasteiger partial charge is 0.126 e. The number of nitrogens with zero attached hydrogens (tertiary/aromatic N) is 2. The molecule has 0 radical (unpaired) electrons. The second-order valence-electron chi connectivity index (χ2n) is 5.24. The average molecular weight is 303 g/mol. The topological polar surface area (TPSA) is 37.4 Å². The zero-order valence-corrected chi connectivity index (χ0v) is 13.2. The van der Waals surface area contributed by atoms with Crippen molar-refractivity contribution >= 4 is 11.5 Å². The van der Waals surface area contributed by atoms with Gasteiger partial charge in [0.15, 0.2) is 0 Å². The second-order valence-corrected chi connectivity index (χ2v) is 5.24. The van der Waals surface area contributed by atoms with Crippen molar-refractivity contribution in [2.75, 3.05) is 37.5 Å². The highest BCUT2D eigenvalue weighted by Gasteiger charge is 2.07. The Morgan fingerprint density at radius 2 is 2.14 bits per heavy atom. The fourth-order valence-corrected chi connectivity index (χ4v) is 2.14. The zero-order chi connectivity index (χ0) is 15.9. The molecule has 0 aliphatic heterocycles. The summed E-state index contributed by atoms with van der Waals surface area (Å²) in [6.07, 6.45) is 1.82. The minimum Gasteiger partial charge on any atom is -0.383 e. The molecule has 4 nitrogen and oxygen atoms in total. The molecule has 0 fully saturated rings. The fraction of sp³-hybridized carbons (Fsp3) is 0.353. The quantitative estimate of drug-likeness (QED) is 0.850.